The zero-order chi connectivity index (χ0) is 14.8. The number of hydrogen-bond donors (Lipinski definition) is 1. The average molecular weight is 315 g/mol. The summed E-state index contributed by atoms with van der Waals surface area (Å²) in [6.07, 6.45) is 6.67. The summed E-state index contributed by atoms with van der Waals surface area (Å²) < 4.78 is -1.11. The molecule has 0 bridgehead atoms. The Balaban J connectivity index is 2.22. The molecule has 0 radical (unpaired) electrons. The molecule has 2 rings (SSSR count). The highest BCUT2D eigenvalue weighted by Crippen LogP contribution is 2.54. The molecule has 0 saturated carbocycles. The summed E-state index contributed by atoms with van der Waals surface area (Å²) in [5, 5.41) is 10.7. The summed E-state index contributed by atoms with van der Waals surface area (Å²) in [5.41, 5.74) is 0.912. The zero-order valence-electron chi connectivity index (χ0n) is 12.3. The Bertz CT molecular complexity index is 454. The number of rotatable bonds is 5. The fourth-order valence-electron chi connectivity index (χ4n) is 3.19. The van der Waals surface area contributed by atoms with Gasteiger partial charge in [0.2, 0.25) is 0 Å². The van der Waals surface area contributed by atoms with Gasteiger partial charge in [0.15, 0.2) is 4.33 Å². The van der Waals surface area contributed by atoms with Gasteiger partial charge >= 0.3 is 0 Å². The normalized spacial score (nSPS) is 28.1. The summed E-state index contributed by atoms with van der Waals surface area (Å²) >= 11 is 12.9. The van der Waals surface area contributed by atoms with Crippen molar-refractivity contribution in [1.82, 2.24) is 0 Å². The molecule has 0 aromatic heterocycles. The van der Waals surface area contributed by atoms with Crippen molar-refractivity contribution >= 4 is 23.2 Å². The Hall–Kier alpha value is -0.240. The minimum absolute atomic E-state index is 0.346. The first-order chi connectivity index (χ1) is 9.40. The molecule has 0 saturated heterocycles. The molecule has 112 valence electrons. The fraction of sp³-hybridized carbons (Fsp3) is 0.647. The molecule has 3 heteroatoms. The van der Waals surface area contributed by atoms with E-state index in [1.165, 1.54) is 31.2 Å². The Morgan fingerprint density at radius 3 is 2.60 bits per heavy atom. The number of halogens is 2. The molecule has 1 nitrogen and oxygen atoms in total. The summed E-state index contributed by atoms with van der Waals surface area (Å²) in [5.74, 6) is 0.346. The van der Waals surface area contributed by atoms with E-state index in [-0.39, 0.29) is 0 Å². The van der Waals surface area contributed by atoms with Crippen molar-refractivity contribution in [2.24, 2.45) is 0 Å². The van der Waals surface area contributed by atoms with Crippen LogP contribution in [0.3, 0.4) is 0 Å². The van der Waals surface area contributed by atoms with E-state index >= 15 is 0 Å². The highest BCUT2D eigenvalue weighted by molar-refractivity contribution is 6.49. The number of alkyl halides is 2. The molecule has 0 amide bonds. The van der Waals surface area contributed by atoms with Crippen LogP contribution in [-0.2, 0) is 5.60 Å². The van der Waals surface area contributed by atoms with E-state index in [2.05, 4.69) is 13.0 Å². The van der Waals surface area contributed by atoms with E-state index in [1.807, 2.05) is 18.2 Å². The first kappa shape index (κ1) is 16.1. The van der Waals surface area contributed by atoms with Gasteiger partial charge in [-0.1, -0.05) is 80.1 Å². The van der Waals surface area contributed by atoms with Crippen LogP contribution in [0.2, 0.25) is 0 Å². The lowest BCUT2D eigenvalue weighted by Crippen LogP contribution is -2.46. The standard InChI is InChI=1S/C17H24Cl2O/c1-3-4-5-6-9-13-12-17(18,19)16(2,20)15-11-8-7-10-14(13)15/h7-8,10-11,13,20H,3-6,9,12H2,1-2H3/t13-,16+/m1/s1. The first-order valence-corrected chi connectivity index (χ1v) is 8.35. The quantitative estimate of drug-likeness (QED) is 0.560. The van der Waals surface area contributed by atoms with Crippen LogP contribution < -0.4 is 0 Å². The number of aliphatic hydroxyl groups is 1. The molecule has 0 spiro atoms. The van der Waals surface area contributed by atoms with Crippen LogP contribution in [0.5, 0.6) is 0 Å². The Kier molecular flexibility index (Phi) is 5.05. The van der Waals surface area contributed by atoms with Crippen molar-refractivity contribution in [2.45, 2.75) is 68.2 Å². The maximum atomic E-state index is 10.7. The van der Waals surface area contributed by atoms with Gasteiger partial charge in [-0.25, -0.2) is 0 Å². The second-order valence-corrected chi connectivity index (χ2v) is 7.60. The van der Waals surface area contributed by atoms with Gasteiger partial charge in [0, 0.05) is 0 Å². The van der Waals surface area contributed by atoms with Gasteiger partial charge in [0.05, 0.1) is 0 Å². The molecule has 1 aromatic rings. The van der Waals surface area contributed by atoms with E-state index < -0.39 is 9.93 Å². The third kappa shape index (κ3) is 3.00. The number of hydrogen-bond acceptors (Lipinski definition) is 1. The van der Waals surface area contributed by atoms with Crippen LogP contribution in [0.15, 0.2) is 24.3 Å². The van der Waals surface area contributed by atoms with Crippen LogP contribution in [0.4, 0.5) is 0 Å². The maximum Gasteiger partial charge on any atom is 0.151 e. The number of fused-ring (bicyclic) bond motifs is 1. The predicted molar refractivity (Wildman–Crippen MR) is 86.6 cm³/mol. The largest absolute Gasteiger partial charge is 0.382 e. The van der Waals surface area contributed by atoms with Gasteiger partial charge in [-0.2, -0.15) is 0 Å². The molecule has 20 heavy (non-hydrogen) atoms. The van der Waals surface area contributed by atoms with Crippen LogP contribution in [0.1, 0.15) is 69.4 Å². The van der Waals surface area contributed by atoms with Crippen molar-refractivity contribution in [2.75, 3.05) is 0 Å². The monoisotopic (exact) mass is 314 g/mol. The minimum atomic E-state index is -1.19. The number of unbranched alkanes of at least 4 members (excludes halogenated alkanes) is 3. The van der Waals surface area contributed by atoms with E-state index in [9.17, 15) is 5.11 Å². The van der Waals surface area contributed by atoms with Crippen molar-refractivity contribution in [3.63, 3.8) is 0 Å². The van der Waals surface area contributed by atoms with Gasteiger partial charge in [0.1, 0.15) is 5.60 Å². The molecule has 1 aliphatic carbocycles. The van der Waals surface area contributed by atoms with Crippen molar-refractivity contribution in [1.29, 1.82) is 0 Å². The Morgan fingerprint density at radius 2 is 1.90 bits per heavy atom. The zero-order valence-corrected chi connectivity index (χ0v) is 13.8. The van der Waals surface area contributed by atoms with Gasteiger partial charge in [-0.05, 0) is 36.8 Å². The van der Waals surface area contributed by atoms with Gasteiger partial charge < -0.3 is 5.11 Å². The van der Waals surface area contributed by atoms with Crippen molar-refractivity contribution in [3.8, 4) is 0 Å². The third-order valence-electron chi connectivity index (χ3n) is 4.55. The van der Waals surface area contributed by atoms with Crippen molar-refractivity contribution < 1.29 is 5.11 Å². The predicted octanol–water partition coefficient (Wildman–Crippen LogP) is 5.53. The highest BCUT2D eigenvalue weighted by atomic mass is 35.5. The molecule has 0 fully saturated rings. The smallest absolute Gasteiger partial charge is 0.151 e. The van der Waals surface area contributed by atoms with Gasteiger partial charge in [-0.15, -0.1) is 0 Å². The Morgan fingerprint density at radius 1 is 1.20 bits per heavy atom. The second-order valence-electron chi connectivity index (χ2n) is 6.11. The molecule has 0 unspecified atom stereocenters. The van der Waals surface area contributed by atoms with Crippen LogP contribution in [0, 0.1) is 0 Å². The lowest BCUT2D eigenvalue weighted by atomic mass is 9.72. The molecular weight excluding hydrogens is 291 g/mol. The van der Waals surface area contributed by atoms with Crippen LogP contribution in [-0.4, -0.2) is 9.44 Å². The van der Waals surface area contributed by atoms with E-state index in [1.54, 1.807) is 6.92 Å². The summed E-state index contributed by atoms with van der Waals surface area (Å²) in [7, 11) is 0. The highest BCUT2D eigenvalue weighted by Gasteiger charge is 2.51. The SMILES string of the molecule is CCCCCC[C@@H]1CC(Cl)(Cl)[C@@](C)(O)c2ccccc21. The second kappa shape index (κ2) is 6.25. The average Bonchev–Trinajstić information content (AvgIpc) is 2.41. The topological polar surface area (TPSA) is 20.2 Å². The number of benzene rings is 1. The Labute approximate surface area is 132 Å². The lowest BCUT2D eigenvalue weighted by molar-refractivity contribution is 0.0237. The van der Waals surface area contributed by atoms with Crippen LogP contribution in [0.25, 0.3) is 0 Å². The lowest BCUT2D eigenvalue weighted by Gasteiger charge is -2.44. The molecule has 1 N–H and O–H groups in total. The third-order valence-corrected chi connectivity index (χ3v) is 5.59. The summed E-state index contributed by atoms with van der Waals surface area (Å²) in [6.45, 7) is 3.94. The summed E-state index contributed by atoms with van der Waals surface area (Å²) in [6, 6.07) is 8.03. The van der Waals surface area contributed by atoms with Gasteiger partial charge in [-0.3, -0.25) is 0 Å². The summed E-state index contributed by atoms with van der Waals surface area (Å²) in [4.78, 5) is 0. The van der Waals surface area contributed by atoms with E-state index in [4.69, 9.17) is 23.2 Å². The molecule has 0 heterocycles. The van der Waals surface area contributed by atoms with Gasteiger partial charge in [0.25, 0.3) is 0 Å². The molecular formula is C17H24Cl2O. The molecule has 1 aromatic carbocycles. The minimum Gasteiger partial charge on any atom is -0.382 e. The molecule has 2 atom stereocenters. The molecule has 1 aliphatic rings. The fourth-order valence-corrected chi connectivity index (χ4v) is 3.76. The molecule has 0 aliphatic heterocycles. The van der Waals surface area contributed by atoms with E-state index in [0.717, 1.165) is 12.0 Å². The maximum absolute atomic E-state index is 10.7. The first-order valence-electron chi connectivity index (χ1n) is 7.59. The van der Waals surface area contributed by atoms with Crippen LogP contribution >= 0.6 is 23.2 Å². The van der Waals surface area contributed by atoms with Crippen molar-refractivity contribution in [3.05, 3.63) is 35.4 Å². The van der Waals surface area contributed by atoms with E-state index in [0.29, 0.717) is 12.3 Å².